The predicted molar refractivity (Wildman–Crippen MR) is 85.2 cm³/mol. The van der Waals surface area contributed by atoms with Gasteiger partial charge in [0.25, 0.3) is 0 Å². The van der Waals surface area contributed by atoms with Gasteiger partial charge in [-0.15, -0.1) is 10.2 Å². The molecular formula is C14H14Cl3N3. The quantitative estimate of drug-likeness (QED) is 0.882. The van der Waals surface area contributed by atoms with Gasteiger partial charge in [-0.1, -0.05) is 40.9 Å². The Morgan fingerprint density at radius 1 is 1.05 bits per heavy atom. The van der Waals surface area contributed by atoms with E-state index in [1.807, 2.05) is 26.0 Å². The number of aromatic nitrogens is 2. The molecule has 0 aliphatic carbocycles. The molecule has 0 unspecified atom stereocenters. The van der Waals surface area contributed by atoms with Crippen molar-refractivity contribution in [1.82, 2.24) is 10.2 Å². The molecule has 106 valence electrons. The van der Waals surface area contributed by atoms with Gasteiger partial charge >= 0.3 is 0 Å². The van der Waals surface area contributed by atoms with Gasteiger partial charge in [0.2, 0.25) is 0 Å². The minimum Gasteiger partial charge on any atom is -0.368 e. The molecule has 0 aliphatic heterocycles. The van der Waals surface area contributed by atoms with Crippen molar-refractivity contribution in [3.63, 3.8) is 0 Å². The average Bonchev–Trinajstić information content (AvgIpc) is 2.41. The van der Waals surface area contributed by atoms with Gasteiger partial charge in [-0.25, -0.2) is 0 Å². The highest BCUT2D eigenvalue weighted by atomic mass is 35.5. The summed E-state index contributed by atoms with van der Waals surface area (Å²) in [5, 5.41) is 13.0. The lowest BCUT2D eigenvalue weighted by atomic mass is 10.1. The number of nitrogens with zero attached hydrogens (tertiary/aromatic N) is 2. The van der Waals surface area contributed by atoms with Crippen molar-refractivity contribution in [2.75, 3.05) is 11.9 Å². The highest BCUT2D eigenvalue weighted by molar-refractivity contribution is 6.35. The van der Waals surface area contributed by atoms with Crippen LogP contribution in [0.5, 0.6) is 0 Å². The lowest BCUT2D eigenvalue weighted by Crippen LogP contribution is -2.09. The van der Waals surface area contributed by atoms with Crippen molar-refractivity contribution in [2.24, 2.45) is 0 Å². The van der Waals surface area contributed by atoms with Gasteiger partial charge < -0.3 is 5.32 Å². The van der Waals surface area contributed by atoms with Crippen LogP contribution in [0.2, 0.25) is 15.2 Å². The summed E-state index contributed by atoms with van der Waals surface area (Å²) in [6, 6.07) is 5.51. The topological polar surface area (TPSA) is 37.8 Å². The van der Waals surface area contributed by atoms with Gasteiger partial charge in [0.1, 0.15) is 0 Å². The highest BCUT2D eigenvalue weighted by Gasteiger charge is 2.08. The molecular weight excluding hydrogens is 317 g/mol. The minimum atomic E-state index is 0.439. The molecule has 0 amide bonds. The van der Waals surface area contributed by atoms with Crippen LogP contribution in [0, 0.1) is 13.8 Å². The summed E-state index contributed by atoms with van der Waals surface area (Å²) in [6.07, 6.45) is 0.777. The molecule has 3 nitrogen and oxygen atoms in total. The fraction of sp³-hybridized carbons (Fsp3) is 0.286. The maximum Gasteiger partial charge on any atom is 0.155 e. The molecule has 0 saturated carbocycles. The molecule has 1 aromatic heterocycles. The first-order chi connectivity index (χ1) is 9.49. The third kappa shape index (κ3) is 3.54. The average molecular weight is 331 g/mol. The van der Waals surface area contributed by atoms with Crippen LogP contribution in [-0.4, -0.2) is 16.7 Å². The molecule has 6 heteroatoms. The van der Waals surface area contributed by atoms with Crippen LogP contribution in [0.1, 0.15) is 16.7 Å². The zero-order chi connectivity index (χ0) is 14.7. The summed E-state index contributed by atoms with van der Waals surface area (Å²) >= 11 is 17.9. The number of anilines is 1. The van der Waals surface area contributed by atoms with Crippen molar-refractivity contribution in [2.45, 2.75) is 20.3 Å². The first kappa shape index (κ1) is 15.4. The van der Waals surface area contributed by atoms with E-state index in [-0.39, 0.29) is 0 Å². The summed E-state index contributed by atoms with van der Waals surface area (Å²) in [5.41, 5.74) is 2.99. The number of benzene rings is 1. The summed E-state index contributed by atoms with van der Waals surface area (Å²) in [7, 11) is 0. The first-order valence-electron chi connectivity index (χ1n) is 6.16. The minimum absolute atomic E-state index is 0.439. The Balaban J connectivity index is 2.01. The van der Waals surface area contributed by atoms with Gasteiger partial charge in [-0.3, -0.25) is 0 Å². The smallest absolute Gasteiger partial charge is 0.155 e. The highest BCUT2D eigenvalue weighted by Crippen LogP contribution is 2.23. The summed E-state index contributed by atoms with van der Waals surface area (Å²) in [4.78, 5) is 0. The largest absolute Gasteiger partial charge is 0.368 e. The van der Waals surface area contributed by atoms with Gasteiger partial charge in [0, 0.05) is 16.6 Å². The number of rotatable bonds is 4. The molecule has 0 fully saturated rings. The fourth-order valence-corrected chi connectivity index (χ4v) is 2.47. The van der Waals surface area contributed by atoms with E-state index in [1.165, 1.54) is 0 Å². The van der Waals surface area contributed by atoms with Gasteiger partial charge in [-0.2, -0.15) is 0 Å². The molecule has 2 aromatic rings. The number of hydrogen-bond acceptors (Lipinski definition) is 3. The Morgan fingerprint density at radius 3 is 2.50 bits per heavy atom. The number of halogens is 3. The van der Waals surface area contributed by atoms with Crippen molar-refractivity contribution in [1.29, 1.82) is 0 Å². The van der Waals surface area contributed by atoms with Crippen LogP contribution in [0.25, 0.3) is 0 Å². The molecule has 2 rings (SSSR count). The van der Waals surface area contributed by atoms with Crippen LogP contribution in [0.3, 0.4) is 0 Å². The van der Waals surface area contributed by atoms with E-state index in [0.717, 1.165) is 28.9 Å². The fourth-order valence-electron chi connectivity index (χ4n) is 1.78. The summed E-state index contributed by atoms with van der Waals surface area (Å²) in [6.45, 7) is 4.60. The molecule has 1 aromatic carbocycles. The van der Waals surface area contributed by atoms with Crippen molar-refractivity contribution in [3.05, 3.63) is 50.1 Å². The lowest BCUT2D eigenvalue weighted by Gasteiger charge is -2.11. The summed E-state index contributed by atoms with van der Waals surface area (Å²) in [5.74, 6) is 0.747. The molecule has 20 heavy (non-hydrogen) atoms. The lowest BCUT2D eigenvalue weighted by molar-refractivity contribution is 0.948. The van der Waals surface area contributed by atoms with Crippen molar-refractivity contribution in [3.8, 4) is 0 Å². The monoisotopic (exact) mass is 329 g/mol. The zero-order valence-corrected chi connectivity index (χ0v) is 13.4. The maximum absolute atomic E-state index is 6.13. The normalized spacial score (nSPS) is 10.7. The van der Waals surface area contributed by atoms with Gasteiger partial charge in [0.15, 0.2) is 11.0 Å². The van der Waals surface area contributed by atoms with E-state index in [0.29, 0.717) is 21.7 Å². The van der Waals surface area contributed by atoms with E-state index >= 15 is 0 Å². The second-order valence-electron chi connectivity index (χ2n) is 4.50. The van der Waals surface area contributed by atoms with Crippen molar-refractivity contribution >= 4 is 40.6 Å². The first-order valence-corrected chi connectivity index (χ1v) is 7.29. The molecule has 0 atom stereocenters. The van der Waals surface area contributed by atoms with Crippen LogP contribution >= 0.6 is 34.8 Å². The van der Waals surface area contributed by atoms with Gasteiger partial charge in [-0.05, 0) is 49.1 Å². The van der Waals surface area contributed by atoms with Gasteiger partial charge in [0.05, 0.1) is 0 Å². The molecule has 0 saturated heterocycles. The van der Waals surface area contributed by atoms with E-state index in [2.05, 4.69) is 15.5 Å². The van der Waals surface area contributed by atoms with E-state index in [9.17, 15) is 0 Å². The third-order valence-electron chi connectivity index (χ3n) is 3.17. The van der Waals surface area contributed by atoms with E-state index in [4.69, 9.17) is 34.8 Å². The molecule has 1 N–H and O–H groups in total. The van der Waals surface area contributed by atoms with Crippen LogP contribution in [0.4, 0.5) is 5.82 Å². The van der Waals surface area contributed by atoms with E-state index in [1.54, 1.807) is 6.07 Å². The third-order valence-corrected chi connectivity index (χ3v) is 4.11. The summed E-state index contributed by atoms with van der Waals surface area (Å²) < 4.78 is 0. The Labute approximate surface area is 133 Å². The Bertz CT molecular complexity index is 629. The molecule has 0 radical (unpaired) electrons. The Kier molecular flexibility index (Phi) is 5.08. The zero-order valence-electron chi connectivity index (χ0n) is 11.2. The predicted octanol–water partition coefficient (Wildman–Crippen LogP) is 4.71. The van der Waals surface area contributed by atoms with E-state index < -0.39 is 0 Å². The SMILES string of the molecule is Cc1c(Cl)nnc(NCCc2ccc(Cl)cc2Cl)c1C. The second kappa shape index (κ2) is 6.61. The van der Waals surface area contributed by atoms with Crippen LogP contribution in [0.15, 0.2) is 18.2 Å². The maximum atomic E-state index is 6.13. The molecule has 1 heterocycles. The molecule has 0 bridgehead atoms. The Morgan fingerprint density at radius 2 is 1.80 bits per heavy atom. The number of hydrogen-bond donors (Lipinski definition) is 1. The molecule has 0 spiro atoms. The van der Waals surface area contributed by atoms with Crippen LogP contribution < -0.4 is 5.32 Å². The Hall–Kier alpha value is -1.03. The second-order valence-corrected chi connectivity index (χ2v) is 5.70. The standard InChI is InChI=1S/C14H14Cl3N3/c1-8-9(2)14(20-19-13(8)17)18-6-5-10-3-4-11(15)7-12(10)16/h3-4,7H,5-6H2,1-2H3,(H,18,20). The van der Waals surface area contributed by atoms with Crippen molar-refractivity contribution < 1.29 is 0 Å². The molecule has 0 aliphatic rings. The number of nitrogens with one attached hydrogen (secondary N) is 1. The van der Waals surface area contributed by atoms with Crippen LogP contribution in [-0.2, 0) is 6.42 Å².